The van der Waals surface area contributed by atoms with E-state index in [1.54, 1.807) is 11.0 Å². The van der Waals surface area contributed by atoms with Crippen LogP contribution < -0.4 is 5.32 Å². The van der Waals surface area contributed by atoms with Crippen LogP contribution in [0.5, 0.6) is 0 Å². The van der Waals surface area contributed by atoms with E-state index >= 15 is 0 Å². The SMILES string of the molecule is O=C(C=Cc1cc(F)cc(F)c1)N1CCC(C(O)CN2CCC3(CC2)CNc2cccc(F)c23)CC1. The maximum absolute atomic E-state index is 14.6. The summed E-state index contributed by atoms with van der Waals surface area (Å²) in [6.07, 6.45) is 5.40. The fourth-order valence-electron chi connectivity index (χ4n) is 6.02. The van der Waals surface area contributed by atoms with Crippen LogP contribution >= 0.6 is 0 Å². The highest BCUT2D eigenvalue weighted by Gasteiger charge is 2.43. The van der Waals surface area contributed by atoms with Gasteiger partial charge in [0, 0.05) is 55.0 Å². The second kappa shape index (κ2) is 10.3. The molecule has 2 N–H and O–H groups in total. The predicted molar refractivity (Wildman–Crippen MR) is 133 cm³/mol. The van der Waals surface area contributed by atoms with Crippen molar-refractivity contribution >= 4 is 17.7 Å². The molecule has 36 heavy (non-hydrogen) atoms. The third-order valence-corrected chi connectivity index (χ3v) is 8.12. The van der Waals surface area contributed by atoms with Gasteiger partial charge in [0.1, 0.15) is 17.5 Å². The van der Waals surface area contributed by atoms with Gasteiger partial charge in [0.25, 0.3) is 0 Å². The van der Waals surface area contributed by atoms with E-state index < -0.39 is 17.7 Å². The lowest BCUT2D eigenvalue weighted by molar-refractivity contribution is -0.128. The number of rotatable bonds is 5. The van der Waals surface area contributed by atoms with E-state index in [0.29, 0.717) is 38.0 Å². The summed E-state index contributed by atoms with van der Waals surface area (Å²) in [5, 5.41) is 14.3. The number of anilines is 1. The van der Waals surface area contributed by atoms with Crippen LogP contribution in [0.4, 0.5) is 18.9 Å². The van der Waals surface area contributed by atoms with Crippen LogP contribution in [0.25, 0.3) is 6.08 Å². The van der Waals surface area contributed by atoms with Gasteiger partial charge in [-0.15, -0.1) is 0 Å². The van der Waals surface area contributed by atoms with Crippen molar-refractivity contribution in [3.05, 3.63) is 71.1 Å². The first-order valence-corrected chi connectivity index (χ1v) is 12.7. The van der Waals surface area contributed by atoms with Crippen molar-refractivity contribution in [3.63, 3.8) is 0 Å². The van der Waals surface area contributed by atoms with Crippen molar-refractivity contribution in [1.82, 2.24) is 9.80 Å². The number of amides is 1. The number of halogens is 3. The van der Waals surface area contributed by atoms with Gasteiger partial charge in [-0.05, 0) is 80.6 Å². The Labute approximate surface area is 209 Å². The van der Waals surface area contributed by atoms with Crippen LogP contribution in [0.15, 0.2) is 42.5 Å². The summed E-state index contributed by atoms with van der Waals surface area (Å²) in [6.45, 7) is 4.04. The van der Waals surface area contributed by atoms with Crippen molar-refractivity contribution in [2.45, 2.75) is 37.2 Å². The molecule has 1 atom stereocenters. The fourth-order valence-corrected chi connectivity index (χ4v) is 6.02. The molecule has 3 heterocycles. The summed E-state index contributed by atoms with van der Waals surface area (Å²) in [7, 11) is 0. The van der Waals surface area contributed by atoms with Crippen molar-refractivity contribution in [3.8, 4) is 0 Å². The van der Waals surface area contributed by atoms with Crippen molar-refractivity contribution < 1.29 is 23.1 Å². The summed E-state index contributed by atoms with van der Waals surface area (Å²) in [6, 6.07) is 8.37. The van der Waals surface area contributed by atoms with Gasteiger partial charge in [0.05, 0.1) is 6.10 Å². The Bertz CT molecular complexity index is 1120. The number of hydrogen-bond acceptors (Lipinski definition) is 4. The van der Waals surface area contributed by atoms with E-state index in [2.05, 4.69) is 10.2 Å². The summed E-state index contributed by atoms with van der Waals surface area (Å²) < 4.78 is 41.2. The standard InChI is InChI=1S/C28H32F3N3O2/c29-21-14-19(15-22(30)16-21)4-5-26(36)34-10-6-20(7-11-34)25(35)17-33-12-8-28(9-13-33)18-32-24-3-1-2-23(31)27(24)28/h1-5,14-16,20,25,32,35H,6-13,17-18H2. The number of aliphatic hydroxyl groups excluding tert-OH is 1. The molecule has 1 unspecified atom stereocenters. The van der Waals surface area contributed by atoms with Gasteiger partial charge in [-0.1, -0.05) is 6.07 Å². The van der Waals surface area contributed by atoms with Crippen LogP contribution in [0.3, 0.4) is 0 Å². The Hall–Kier alpha value is -2.84. The zero-order valence-electron chi connectivity index (χ0n) is 20.2. The van der Waals surface area contributed by atoms with Crippen molar-refractivity contribution in [1.29, 1.82) is 0 Å². The number of fused-ring (bicyclic) bond motifs is 2. The number of hydrogen-bond donors (Lipinski definition) is 2. The summed E-state index contributed by atoms with van der Waals surface area (Å²) >= 11 is 0. The molecule has 3 aliphatic rings. The molecule has 0 aliphatic carbocycles. The van der Waals surface area contributed by atoms with Crippen molar-refractivity contribution in [2.24, 2.45) is 5.92 Å². The lowest BCUT2D eigenvalue weighted by Gasteiger charge is -2.41. The minimum absolute atomic E-state index is 0.109. The third kappa shape index (κ3) is 5.15. The monoisotopic (exact) mass is 499 g/mol. The highest BCUT2D eigenvalue weighted by Crippen LogP contribution is 2.45. The molecule has 0 aromatic heterocycles. The smallest absolute Gasteiger partial charge is 0.246 e. The summed E-state index contributed by atoms with van der Waals surface area (Å²) in [5.41, 5.74) is 1.86. The lowest BCUT2D eigenvalue weighted by atomic mass is 9.74. The van der Waals surface area contributed by atoms with Crippen LogP contribution in [-0.2, 0) is 10.2 Å². The molecule has 2 saturated heterocycles. The minimum Gasteiger partial charge on any atom is -0.392 e. The lowest BCUT2D eigenvalue weighted by Crippen LogP contribution is -2.48. The molecule has 2 aromatic rings. The van der Waals surface area contributed by atoms with Crippen molar-refractivity contribution in [2.75, 3.05) is 44.6 Å². The largest absolute Gasteiger partial charge is 0.392 e. The molecule has 5 nitrogen and oxygen atoms in total. The number of aliphatic hydroxyl groups is 1. The second-order valence-corrected chi connectivity index (χ2v) is 10.4. The van der Waals surface area contributed by atoms with Crippen LogP contribution in [0.1, 0.15) is 36.8 Å². The average molecular weight is 500 g/mol. The Morgan fingerprint density at radius 2 is 1.78 bits per heavy atom. The number of likely N-dealkylation sites (tertiary alicyclic amines) is 2. The predicted octanol–water partition coefficient (Wildman–Crippen LogP) is 4.18. The molecule has 0 bridgehead atoms. The molecule has 8 heteroatoms. The van der Waals surface area contributed by atoms with Gasteiger partial charge < -0.3 is 20.2 Å². The van der Waals surface area contributed by atoms with E-state index in [4.69, 9.17) is 0 Å². The summed E-state index contributed by atoms with van der Waals surface area (Å²) in [4.78, 5) is 16.5. The van der Waals surface area contributed by atoms with E-state index in [1.807, 2.05) is 6.07 Å². The molecule has 1 spiro atoms. The minimum atomic E-state index is -0.683. The van der Waals surface area contributed by atoms with Gasteiger partial charge in [0.15, 0.2) is 0 Å². The number of carbonyl (C=O) groups excluding carboxylic acids is 1. The van der Waals surface area contributed by atoms with Gasteiger partial charge in [-0.3, -0.25) is 4.79 Å². The molecule has 0 saturated carbocycles. The maximum atomic E-state index is 14.6. The Kier molecular flexibility index (Phi) is 7.08. The average Bonchev–Trinajstić information content (AvgIpc) is 3.23. The molecule has 1 amide bonds. The molecule has 3 aliphatic heterocycles. The van der Waals surface area contributed by atoms with Gasteiger partial charge in [-0.25, -0.2) is 13.2 Å². The summed E-state index contributed by atoms with van der Waals surface area (Å²) in [5.74, 6) is -1.59. The number of benzene rings is 2. The molecule has 0 radical (unpaired) electrons. The van der Waals surface area contributed by atoms with Crippen LogP contribution in [0, 0.1) is 23.4 Å². The maximum Gasteiger partial charge on any atom is 0.246 e. The molecular formula is C28H32F3N3O2. The first-order chi connectivity index (χ1) is 17.3. The van der Waals surface area contributed by atoms with Gasteiger partial charge >= 0.3 is 0 Å². The highest BCUT2D eigenvalue weighted by molar-refractivity contribution is 5.91. The first-order valence-electron chi connectivity index (χ1n) is 12.7. The van der Waals surface area contributed by atoms with E-state index in [1.165, 1.54) is 30.4 Å². The molecule has 5 rings (SSSR count). The highest BCUT2D eigenvalue weighted by atomic mass is 19.1. The Balaban J connectivity index is 1.09. The Morgan fingerprint density at radius 1 is 1.08 bits per heavy atom. The quantitative estimate of drug-likeness (QED) is 0.607. The second-order valence-electron chi connectivity index (χ2n) is 10.4. The zero-order chi connectivity index (χ0) is 25.3. The molecule has 192 valence electrons. The third-order valence-electron chi connectivity index (χ3n) is 8.12. The van der Waals surface area contributed by atoms with Gasteiger partial charge in [0.2, 0.25) is 5.91 Å². The van der Waals surface area contributed by atoms with E-state index in [9.17, 15) is 23.1 Å². The molecule has 2 aromatic carbocycles. The zero-order valence-corrected chi connectivity index (χ0v) is 20.2. The normalized spacial score (nSPS) is 21.1. The van der Waals surface area contributed by atoms with Gasteiger partial charge in [-0.2, -0.15) is 0 Å². The first kappa shape index (κ1) is 24.8. The number of carbonyl (C=O) groups is 1. The van der Waals surface area contributed by atoms with Crippen LogP contribution in [0.2, 0.25) is 0 Å². The molecule has 2 fully saturated rings. The number of piperidine rings is 2. The fraction of sp³-hybridized carbons (Fsp3) is 0.464. The Morgan fingerprint density at radius 3 is 2.47 bits per heavy atom. The molecular weight excluding hydrogens is 467 g/mol. The van der Waals surface area contributed by atoms with E-state index in [0.717, 1.165) is 49.8 Å². The topological polar surface area (TPSA) is 55.8 Å². The van der Waals surface area contributed by atoms with Crippen LogP contribution in [-0.4, -0.2) is 66.2 Å². The number of nitrogens with one attached hydrogen (secondary N) is 1. The number of β-amino-alcohol motifs (C(OH)–C–C–N with tert-alkyl or cyclic N) is 1. The number of nitrogens with zero attached hydrogens (tertiary/aromatic N) is 2. The van der Waals surface area contributed by atoms with E-state index in [-0.39, 0.29) is 23.1 Å².